The molecule has 0 atom stereocenters. The fourth-order valence-corrected chi connectivity index (χ4v) is 3.25. The molecule has 8 nitrogen and oxygen atoms in total. The van der Waals surface area contributed by atoms with Crippen LogP contribution >= 0.6 is 0 Å². The van der Waals surface area contributed by atoms with Crippen molar-refractivity contribution in [2.45, 2.75) is 52.1 Å². The first-order valence-electron chi connectivity index (χ1n) is 9.62. The van der Waals surface area contributed by atoms with Gasteiger partial charge in [-0.05, 0) is 33.6 Å². The Bertz CT molecular complexity index is 592. The first-order chi connectivity index (χ1) is 12.7. The summed E-state index contributed by atoms with van der Waals surface area (Å²) in [4.78, 5) is 41.7. The Kier molecular flexibility index (Phi) is 7.05. The number of nitriles is 1. The van der Waals surface area contributed by atoms with Crippen molar-refractivity contribution in [3.8, 4) is 6.07 Å². The Morgan fingerprint density at radius 1 is 0.889 bits per heavy atom. The molecule has 27 heavy (non-hydrogen) atoms. The van der Waals surface area contributed by atoms with Crippen molar-refractivity contribution in [2.24, 2.45) is 5.92 Å². The number of carbonyl (C=O) groups excluding carboxylic acids is 3. The summed E-state index contributed by atoms with van der Waals surface area (Å²) >= 11 is 0. The van der Waals surface area contributed by atoms with Gasteiger partial charge in [0.15, 0.2) is 0 Å². The third kappa shape index (κ3) is 6.42. The normalized spacial score (nSPS) is 18.8. The van der Waals surface area contributed by atoms with E-state index in [-0.39, 0.29) is 36.7 Å². The van der Waals surface area contributed by atoms with Gasteiger partial charge in [0.1, 0.15) is 5.60 Å². The van der Waals surface area contributed by atoms with E-state index < -0.39 is 5.60 Å². The van der Waals surface area contributed by atoms with Gasteiger partial charge in [0, 0.05) is 58.0 Å². The Balaban J connectivity index is 1.69. The summed E-state index contributed by atoms with van der Waals surface area (Å²) in [6.07, 6.45) is 1.45. The molecular formula is C19H30N4O4. The monoisotopic (exact) mass is 378 g/mol. The van der Waals surface area contributed by atoms with Crippen molar-refractivity contribution in [2.75, 3.05) is 39.3 Å². The van der Waals surface area contributed by atoms with Gasteiger partial charge in [-0.3, -0.25) is 9.59 Å². The van der Waals surface area contributed by atoms with E-state index in [1.165, 1.54) is 0 Å². The number of piperidine rings is 1. The fourth-order valence-electron chi connectivity index (χ4n) is 3.25. The third-order valence-electron chi connectivity index (χ3n) is 4.87. The van der Waals surface area contributed by atoms with Crippen LogP contribution < -0.4 is 0 Å². The molecule has 150 valence electrons. The quantitative estimate of drug-likeness (QED) is 0.744. The molecule has 0 N–H and O–H groups in total. The number of hydrogen-bond donors (Lipinski definition) is 0. The van der Waals surface area contributed by atoms with Crippen LogP contribution in [0.5, 0.6) is 0 Å². The van der Waals surface area contributed by atoms with Crippen LogP contribution in [0.4, 0.5) is 4.79 Å². The number of rotatable bonds is 3. The van der Waals surface area contributed by atoms with Gasteiger partial charge in [-0.1, -0.05) is 0 Å². The summed E-state index contributed by atoms with van der Waals surface area (Å²) in [5.74, 6) is -0.0387. The van der Waals surface area contributed by atoms with Gasteiger partial charge < -0.3 is 19.4 Å². The zero-order valence-corrected chi connectivity index (χ0v) is 16.6. The summed E-state index contributed by atoms with van der Waals surface area (Å²) < 4.78 is 5.35. The zero-order chi connectivity index (χ0) is 20.0. The van der Waals surface area contributed by atoms with E-state index in [0.29, 0.717) is 52.1 Å². The number of nitrogens with zero attached hydrogens (tertiary/aromatic N) is 4. The highest BCUT2D eigenvalue weighted by atomic mass is 16.6. The van der Waals surface area contributed by atoms with Crippen molar-refractivity contribution in [1.29, 1.82) is 5.26 Å². The number of hydrogen-bond acceptors (Lipinski definition) is 5. The molecule has 2 fully saturated rings. The maximum absolute atomic E-state index is 12.4. The number of ether oxygens (including phenoxy) is 1. The van der Waals surface area contributed by atoms with E-state index in [1.54, 1.807) is 14.7 Å². The smallest absolute Gasteiger partial charge is 0.410 e. The summed E-state index contributed by atoms with van der Waals surface area (Å²) in [5.41, 5.74) is -0.536. The van der Waals surface area contributed by atoms with E-state index in [9.17, 15) is 14.4 Å². The van der Waals surface area contributed by atoms with Crippen molar-refractivity contribution < 1.29 is 19.1 Å². The number of piperazine rings is 1. The molecule has 0 spiro atoms. The average molecular weight is 378 g/mol. The molecule has 0 radical (unpaired) electrons. The summed E-state index contributed by atoms with van der Waals surface area (Å²) in [5, 5.41) is 8.91. The number of amides is 3. The first-order valence-corrected chi connectivity index (χ1v) is 9.62. The molecule has 0 saturated carbocycles. The zero-order valence-electron chi connectivity index (χ0n) is 16.6. The predicted octanol–water partition coefficient (Wildman–Crippen LogP) is 1.61. The lowest BCUT2D eigenvalue weighted by Gasteiger charge is -2.35. The van der Waals surface area contributed by atoms with Crippen LogP contribution in [-0.4, -0.2) is 77.5 Å². The number of carbonyl (C=O) groups is 3. The van der Waals surface area contributed by atoms with Crippen LogP contribution in [0.2, 0.25) is 0 Å². The minimum atomic E-state index is -0.536. The molecule has 2 heterocycles. The maximum Gasteiger partial charge on any atom is 0.410 e. The van der Waals surface area contributed by atoms with Gasteiger partial charge in [0.25, 0.3) is 0 Å². The van der Waals surface area contributed by atoms with Crippen molar-refractivity contribution in [3.05, 3.63) is 0 Å². The van der Waals surface area contributed by atoms with Crippen molar-refractivity contribution >= 4 is 17.9 Å². The van der Waals surface area contributed by atoms with E-state index >= 15 is 0 Å². The average Bonchev–Trinajstić information content (AvgIpc) is 2.64. The standard InChI is InChI=1S/C19H30N4O4/c1-19(2,3)27-18(26)23-12-10-22(11-13-23)17(25)5-4-16(24)21-8-6-15(14-20)7-9-21/h15H,4-13H2,1-3H3. The molecular weight excluding hydrogens is 348 g/mol. The minimum Gasteiger partial charge on any atom is -0.444 e. The lowest BCUT2D eigenvalue weighted by Crippen LogP contribution is -2.51. The third-order valence-corrected chi connectivity index (χ3v) is 4.87. The Hall–Kier alpha value is -2.30. The van der Waals surface area contributed by atoms with E-state index in [0.717, 1.165) is 0 Å². The molecule has 8 heteroatoms. The topological polar surface area (TPSA) is 93.9 Å². The van der Waals surface area contributed by atoms with Crippen LogP contribution in [0.25, 0.3) is 0 Å². The highest BCUT2D eigenvalue weighted by Gasteiger charge is 2.28. The maximum atomic E-state index is 12.4. The van der Waals surface area contributed by atoms with E-state index in [2.05, 4.69) is 6.07 Å². The summed E-state index contributed by atoms with van der Waals surface area (Å²) in [6.45, 7) is 8.46. The molecule has 2 rings (SSSR count). The molecule has 0 aromatic rings. The lowest BCUT2D eigenvalue weighted by molar-refractivity contribution is -0.138. The second kappa shape index (κ2) is 9.07. The molecule has 0 bridgehead atoms. The highest BCUT2D eigenvalue weighted by molar-refractivity contribution is 5.84. The molecule has 0 unspecified atom stereocenters. The highest BCUT2D eigenvalue weighted by Crippen LogP contribution is 2.17. The predicted molar refractivity (Wildman–Crippen MR) is 98.5 cm³/mol. The van der Waals surface area contributed by atoms with Gasteiger partial charge in [-0.2, -0.15) is 5.26 Å². The molecule has 2 aliphatic heterocycles. The van der Waals surface area contributed by atoms with Crippen molar-refractivity contribution in [3.63, 3.8) is 0 Å². The lowest BCUT2D eigenvalue weighted by atomic mass is 9.98. The van der Waals surface area contributed by atoms with Gasteiger partial charge in [0.05, 0.1) is 6.07 Å². The van der Waals surface area contributed by atoms with E-state index in [1.807, 2.05) is 20.8 Å². The van der Waals surface area contributed by atoms with Crippen LogP contribution in [0.1, 0.15) is 46.5 Å². The van der Waals surface area contributed by atoms with Gasteiger partial charge in [-0.25, -0.2) is 4.79 Å². The Labute approximate surface area is 161 Å². The van der Waals surface area contributed by atoms with E-state index in [4.69, 9.17) is 10.00 Å². The molecule has 0 aliphatic carbocycles. The number of likely N-dealkylation sites (tertiary alicyclic amines) is 1. The molecule has 0 aromatic carbocycles. The Morgan fingerprint density at radius 2 is 1.33 bits per heavy atom. The fraction of sp³-hybridized carbons (Fsp3) is 0.789. The molecule has 3 amide bonds. The van der Waals surface area contributed by atoms with Gasteiger partial charge >= 0.3 is 6.09 Å². The van der Waals surface area contributed by atoms with Gasteiger partial charge in [0.2, 0.25) is 11.8 Å². The van der Waals surface area contributed by atoms with Crippen LogP contribution in [0, 0.1) is 17.2 Å². The van der Waals surface area contributed by atoms with Crippen molar-refractivity contribution in [1.82, 2.24) is 14.7 Å². The molecule has 2 aliphatic rings. The summed E-state index contributed by atoms with van der Waals surface area (Å²) in [7, 11) is 0. The SMILES string of the molecule is CC(C)(C)OC(=O)N1CCN(C(=O)CCC(=O)N2CCC(C#N)CC2)CC1. The second-order valence-electron chi connectivity index (χ2n) is 8.13. The summed E-state index contributed by atoms with van der Waals surface area (Å²) in [6, 6.07) is 2.24. The van der Waals surface area contributed by atoms with Crippen LogP contribution in [0.15, 0.2) is 0 Å². The Morgan fingerprint density at radius 3 is 1.78 bits per heavy atom. The largest absolute Gasteiger partial charge is 0.444 e. The molecule has 0 aromatic heterocycles. The second-order valence-corrected chi connectivity index (χ2v) is 8.13. The first kappa shape index (κ1) is 21.0. The van der Waals surface area contributed by atoms with Crippen LogP contribution in [0.3, 0.4) is 0 Å². The van der Waals surface area contributed by atoms with Gasteiger partial charge in [-0.15, -0.1) is 0 Å². The minimum absolute atomic E-state index is 0.0212. The van der Waals surface area contributed by atoms with Crippen LogP contribution in [-0.2, 0) is 14.3 Å². The molecule has 2 saturated heterocycles.